The molecule has 0 aliphatic heterocycles. The number of ether oxygens (including phenoxy) is 1. The van der Waals surface area contributed by atoms with Crippen molar-refractivity contribution in [2.24, 2.45) is 0 Å². The Hall–Kier alpha value is -1.95. The van der Waals surface area contributed by atoms with Gasteiger partial charge in [-0.3, -0.25) is 4.98 Å². The van der Waals surface area contributed by atoms with E-state index in [0.717, 1.165) is 5.56 Å². The maximum Gasteiger partial charge on any atom is 0.357 e. The molecule has 94 valence electrons. The van der Waals surface area contributed by atoms with Crippen LogP contribution >= 0.6 is 11.3 Å². The number of hydrogen-bond acceptors (Lipinski definition) is 6. The van der Waals surface area contributed by atoms with Crippen molar-refractivity contribution in [3.63, 3.8) is 0 Å². The van der Waals surface area contributed by atoms with Gasteiger partial charge in [-0.2, -0.15) is 0 Å². The molecule has 5 nitrogen and oxygen atoms in total. The van der Waals surface area contributed by atoms with E-state index in [-0.39, 0.29) is 6.04 Å². The zero-order valence-electron chi connectivity index (χ0n) is 10.1. The summed E-state index contributed by atoms with van der Waals surface area (Å²) in [4.78, 5) is 19.5. The van der Waals surface area contributed by atoms with E-state index in [1.807, 2.05) is 19.1 Å². The number of nitrogens with zero attached hydrogens (tertiary/aromatic N) is 2. The van der Waals surface area contributed by atoms with Crippen molar-refractivity contribution in [2.45, 2.75) is 13.0 Å². The zero-order chi connectivity index (χ0) is 13.0. The summed E-state index contributed by atoms with van der Waals surface area (Å²) in [5, 5.41) is 5.57. The van der Waals surface area contributed by atoms with Crippen molar-refractivity contribution >= 4 is 22.4 Å². The monoisotopic (exact) mass is 263 g/mol. The summed E-state index contributed by atoms with van der Waals surface area (Å²) in [6.07, 6.45) is 3.53. The molecule has 0 aliphatic rings. The van der Waals surface area contributed by atoms with E-state index in [4.69, 9.17) is 0 Å². The number of anilines is 1. The summed E-state index contributed by atoms with van der Waals surface area (Å²) < 4.78 is 4.61. The highest BCUT2D eigenvalue weighted by molar-refractivity contribution is 7.13. The number of aromatic nitrogens is 2. The van der Waals surface area contributed by atoms with Crippen LogP contribution in [0.2, 0.25) is 0 Å². The second-order valence-corrected chi connectivity index (χ2v) is 4.54. The normalized spacial score (nSPS) is 11.9. The predicted octanol–water partition coefficient (Wildman–Crippen LogP) is 2.50. The molecule has 0 fully saturated rings. The Morgan fingerprint density at radius 2 is 2.39 bits per heavy atom. The molecule has 0 radical (unpaired) electrons. The summed E-state index contributed by atoms with van der Waals surface area (Å²) in [6.45, 7) is 2.01. The quantitative estimate of drug-likeness (QED) is 0.859. The van der Waals surface area contributed by atoms with Gasteiger partial charge in [0.05, 0.1) is 13.2 Å². The average molecular weight is 263 g/mol. The Bertz CT molecular complexity index is 527. The number of carbonyl (C=O) groups excluding carboxylic acids is 1. The van der Waals surface area contributed by atoms with Gasteiger partial charge in [0, 0.05) is 17.8 Å². The average Bonchev–Trinajstić information content (AvgIpc) is 2.87. The lowest BCUT2D eigenvalue weighted by Crippen LogP contribution is -2.07. The van der Waals surface area contributed by atoms with Crippen LogP contribution in [0.25, 0.3) is 0 Å². The maximum absolute atomic E-state index is 11.3. The van der Waals surface area contributed by atoms with E-state index >= 15 is 0 Å². The molecule has 6 heteroatoms. The Kier molecular flexibility index (Phi) is 3.88. The van der Waals surface area contributed by atoms with E-state index < -0.39 is 5.97 Å². The second-order valence-electron chi connectivity index (χ2n) is 3.68. The molecule has 0 bridgehead atoms. The summed E-state index contributed by atoms with van der Waals surface area (Å²) in [6, 6.07) is 3.95. The van der Waals surface area contributed by atoms with Crippen LogP contribution in [-0.4, -0.2) is 23.0 Å². The van der Waals surface area contributed by atoms with Crippen LogP contribution in [0.3, 0.4) is 0 Å². The third kappa shape index (κ3) is 2.84. The highest BCUT2D eigenvalue weighted by Crippen LogP contribution is 2.22. The highest BCUT2D eigenvalue weighted by atomic mass is 32.1. The van der Waals surface area contributed by atoms with Gasteiger partial charge in [-0.1, -0.05) is 6.07 Å². The van der Waals surface area contributed by atoms with Crippen LogP contribution in [0.4, 0.5) is 5.13 Å². The van der Waals surface area contributed by atoms with E-state index in [0.29, 0.717) is 10.8 Å². The standard InChI is InChI=1S/C12H13N3O2S/c1-8(9-4-3-5-13-6-9)14-12-15-10(7-18-12)11(16)17-2/h3-8H,1-2H3,(H,14,15). The molecule has 2 aromatic rings. The van der Waals surface area contributed by atoms with Crippen molar-refractivity contribution < 1.29 is 9.53 Å². The Balaban J connectivity index is 2.06. The lowest BCUT2D eigenvalue weighted by Gasteiger charge is -2.12. The number of pyridine rings is 1. The lowest BCUT2D eigenvalue weighted by molar-refractivity contribution is 0.0595. The SMILES string of the molecule is COC(=O)c1csc(NC(C)c2cccnc2)n1. The van der Waals surface area contributed by atoms with E-state index in [1.54, 1.807) is 17.8 Å². The van der Waals surface area contributed by atoms with Gasteiger partial charge in [-0.15, -0.1) is 11.3 Å². The number of rotatable bonds is 4. The number of carbonyl (C=O) groups is 1. The van der Waals surface area contributed by atoms with Gasteiger partial charge in [-0.25, -0.2) is 9.78 Å². The van der Waals surface area contributed by atoms with Crippen LogP contribution in [0.1, 0.15) is 29.0 Å². The highest BCUT2D eigenvalue weighted by Gasteiger charge is 2.12. The second kappa shape index (κ2) is 5.59. The Morgan fingerprint density at radius 3 is 3.06 bits per heavy atom. The minimum atomic E-state index is -0.423. The van der Waals surface area contributed by atoms with Gasteiger partial charge >= 0.3 is 5.97 Å². The molecular weight excluding hydrogens is 250 g/mol. The van der Waals surface area contributed by atoms with Crippen molar-refractivity contribution in [1.82, 2.24) is 9.97 Å². The molecule has 0 aliphatic carbocycles. The number of hydrogen-bond donors (Lipinski definition) is 1. The minimum absolute atomic E-state index is 0.0790. The molecule has 1 unspecified atom stereocenters. The lowest BCUT2D eigenvalue weighted by atomic mass is 10.1. The summed E-state index contributed by atoms with van der Waals surface area (Å²) in [7, 11) is 1.34. The first-order chi connectivity index (χ1) is 8.70. The molecule has 1 N–H and O–H groups in total. The molecule has 2 heterocycles. The van der Waals surface area contributed by atoms with Crippen LogP contribution in [0.5, 0.6) is 0 Å². The van der Waals surface area contributed by atoms with Crippen molar-refractivity contribution in [3.05, 3.63) is 41.2 Å². The van der Waals surface area contributed by atoms with Crippen molar-refractivity contribution in [3.8, 4) is 0 Å². The van der Waals surface area contributed by atoms with E-state index in [9.17, 15) is 4.79 Å². The summed E-state index contributed by atoms with van der Waals surface area (Å²) in [5.74, 6) is -0.423. The van der Waals surface area contributed by atoms with Crippen LogP contribution in [0, 0.1) is 0 Å². The molecule has 2 rings (SSSR count). The third-order valence-corrected chi connectivity index (χ3v) is 3.20. The van der Waals surface area contributed by atoms with Gasteiger partial charge in [0.15, 0.2) is 10.8 Å². The molecule has 0 amide bonds. The first kappa shape index (κ1) is 12.5. The number of nitrogens with one attached hydrogen (secondary N) is 1. The fourth-order valence-corrected chi connectivity index (χ4v) is 2.21. The molecule has 18 heavy (non-hydrogen) atoms. The summed E-state index contributed by atoms with van der Waals surface area (Å²) in [5.41, 5.74) is 1.38. The van der Waals surface area contributed by atoms with Crippen molar-refractivity contribution in [1.29, 1.82) is 0 Å². The topological polar surface area (TPSA) is 64.1 Å². The van der Waals surface area contributed by atoms with Gasteiger partial charge < -0.3 is 10.1 Å². The minimum Gasteiger partial charge on any atom is -0.464 e. The first-order valence-electron chi connectivity index (χ1n) is 5.41. The third-order valence-electron chi connectivity index (χ3n) is 2.42. The maximum atomic E-state index is 11.3. The largest absolute Gasteiger partial charge is 0.464 e. The van der Waals surface area contributed by atoms with Gasteiger partial charge in [0.2, 0.25) is 0 Å². The fourth-order valence-electron chi connectivity index (χ4n) is 1.44. The molecule has 1 atom stereocenters. The van der Waals surface area contributed by atoms with Crippen LogP contribution < -0.4 is 5.32 Å². The number of esters is 1. The predicted molar refractivity (Wildman–Crippen MR) is 69.7 cm³/mol. The molecular formula is C12H13N3O2S. The number of methoxy groups -OCH3 is 1. The molecule has 2 aromatic heterocycles. The first-order valence-corrected chi connectivity index (χ1v) is 6.29. The Labute approximate surface area is 109 Å². The zero-order valence-corrected chi connectivity index (χ0v) is 10.9. The van der Waals surface area contributed by atoms with Crippen molar-refractivity contribution in [2.75, 3.05) is 12.4 Å². The Morgan fingerprint density at radius 1 is 1.56 bits per heavy atom. The molecule has 0 spiro atoms. The number of thiazole rings is 1. The van der Waals surface area contributed by atoms with E-state index in [2.05, 4.69) is 20.0 Å². The fraction of sp³-hybridized carbons (Fsp3) is 0.250. The summed E-state index contributed by atoms with van der Waals surface area (Å²) >= 11 is 1.37. The molecule has 0 saturated carbocycles. The smallest absolute Gasteiger partial charge is 0.357 e. The molecule has 0 saturated heterocycles. The van der Waals surface area contributed by atoms with Gasteiger partial charge in [0.25, 0.3) is 0 Å². The van der Waals surface area contributed by atoms with Crippen LogP contribution in [-0.2, 0) is 4.74 Å². The van der Waals surface area contributed by atoms with Crippen LogP contribution in [0.15, 0.2) is 29.9 Å². The van der Waals surface area contributed by atoms with Gasteiger partial charge in [0.1, 0.15) is 0 Å². The van der Waals surface area contributed by atoms with Gasteiger partial charge in [-0.05, 0) is 18.6 Å². The molecule has 0 aromatic carbocycles. The van der Waals surface area contributed by atoms with E-state index in [1.165, 1.54) is 18.4 Å².